The summed E-state index contributed by atoms with van der Waals surface area (Å²) in [6, 6.07) is 13.2. The third-order valence-corrected chi connectivity index (χ3v) is 6.13. The molecule has 0 spiro atoms. The molecule has 0 saturated carbocycles. The van der Waals surface area contributed by atoms with Crippen molar-refractivity contribution in [3.8, 4) is 0 Å². The molecule has 3 rings (SSSR count). The van der Waals surface area contributed by atoms with Gasteiger partial charge in [-0.15, -0.1) is 23.1 Å². The summed E-state index contributed by atoms with van der Waals surface area (Å²) in [6.45, 7) is 0.656. The molecule has 0 amide bonds. The van der Waals surface area contributed by atoms with E-state index in [0.29, 0.717) is 29.9 Å². The fraction of sp³-hybridized carbons (Fsp3) is 0.200. The molecule has 6 heteroatoms. The Morgan fingerprint density at radius 3 is 2.65 bits per heavy atom. The number of aliphatic carboxylic acids is 1. The fourth-order valence-corrected chi connectivity index (χ4v) is 4.64. The molecule has 1 unspecified atom stereocenters. The van der Waals surface area contributed by atoms with Gasteiger partial charge in [-0.25, -0.2) is 4.79 Å². The van der Waals surface area contributed by atoms with Crippen LogP contribution >= 0.6 is 23.1 Å². The molecule has 0 radical (unpaired) electrons. The van der Waals surface area contributed by atoms with Gasteiger partial charge in [0.1, 0.15) is 5.37 Å². The molecule has 1 N–H and O–H groups in total. The number of ketones is 1. The normalized spacial score (nSPS) is 16.4. The van der Waals surface area contributed by atoms with Gasteiger partial charge in [-0.3, -0.25) is 4.79 Å². The summed E-state index contributed by atoms with van der Waals surface area (Å²) in [5.41, 5.74) is 1.04. The van der Waals surface area contributed by atoms with Gasteiger partial charge >= 0.3 is 5.97 Å². The first-order valence-corrected chi connectivity index (χ1v) is 10.2. The van der Waals surface area contributed by atoms with Crippen molar-refractivity contribution in [3.05, 3.63) is 82.2 Å². The lowest BCUT2D eigenvalue weighted by Gasteiger charge is -2.32. The zero-order valence-electron chi connectivity index (χ0n) is 14.1. The zero-order chi connectivity index (χ0) is 18.4. The van der Waals surface area contributed by atoms with E-state index in [-0.39, 0.29) is 11.2 Å². The highest BCUT2D eigenvalue weighted by molar-refractivity contribution is 8.00. The molecule has 1 aromatic heterocycles. The number of Topliss-reactive ketones (excluding diaryl/α,β-unsaturated/α-hetero) is 1. The number of nitrogens with zero attached hydrogens (tertiary/aromatic N) is 1. The molecule has 0 aliphatic carbocycles. The van der Waals surface area contributed by atoms with Gasteiger partial charge in [0, 0.05) is 28.8 Å². The number of carboxylic acid groups (broad SMARTS) is 1. The summed E-state index contributed by atoms with van der Waals surface area (Å²) in [5, 5.41) is 11.2. The highest BCUT2D eigenvalue weighted by atomic mass is 32.2. The molecule has 2 aromatic rings. The Labute approximate surface area is 160 Å². The van der Waals surface area contributed by atoms with Crippen molar-refractivity contribution >= 4 is 34.9 Å². The molecule has 1 aliphatic heterocycles. The summed E-state index contributed by atoms with van der Waals surface area (Å²) in [5.74, 6) is -0.273. The Kier molecular flexibility index (Phi) is 6.30. The minimum atomic E-state index is -0.919. The van der Waals surface area contributed by atoms with E-state index in [4.69, 9.17) is 0 Å². The predicted molar refractivity (Wildman–Crippen MR) is 106 cm³/mol. The molecule has 2 heterocycles. The Balaban J connectivity index is 1.64. The van der Waals surface area contributed by atoms with Gasteiger partial charge in [-0.05, 0) is 23.6 Å². The van der Waals surface area contributed by atoms with Crippen LogP contribution in [0.3, 0.4) is 0 Å². The second-order valence-corrected chi connectivity index (χ2v) is 8.00. The van der Waals surface area contributed by atoms with E-state index < -0.39 is 5.97 Å². The SMILES string of the molecule is O=C(O)C1=CC=CN(Cc2cccs2)C1SCCC(=O)c1ccccc1. The van der Waals surface area contributed by atoms with Crippen LogP contribution < -0.4 is 0 Å². The van der Waals surface area contributed by atoms with Crippen molar-refractivity contribution in [3.63, 3.8) is 0 Å². The van der Waals surface area contributed by atoms with Crippen LogP contribution in [0.25, 0.3) is 0 Å². The Morgan fingerprint density at radius 2 is 1.96 bits per heavy atom. The minimum Gasteiger partial charge on any atom is -0.478 e. The van der Waals surface area contributed by atoms with Crippen molar-refractivity contribution in [2.45, 2.75) is 18.3 Å². The lowest BCUT2D eigenvalue weighted by Crippen LogP contribution is -2.34. The monoisotopic (exact) mass is 385 g/mol. The van der Waals surface area contributed by atoms with E-state index in [1.165, 1.54) is 16.6 Å². The Bertz CT molecular complexity index is 813. The number of thioether (sulfide) groups is 1. The summed E-state index contributed by atoms with van der Waals surface area (Å²) in [4.78, 5) is 27.1. The van der Waals surface area contributed by atoms with Crippen LogP contribution in [0.2, 0.25) is 0 Å². The van der Waals surface area contributed by atoms with E-state index in [2.05, 4.69) is 0 Å². The van der Waals surface area contributed by atoms with Crippen LogP contribution in [0, 0.1) is 0 Å². The molecule has 0 fully saturated rings. The first-order chi connectivity index (χ1) is 12.6. The van der Waals surface area contributed by atoms with Gasteiger partial charge in [-0.1, -0.05) is 36.4 Å². The van der Waals surface area contributed by atoms with Crippen molar-refractivity contribution in [1.82, 2.24) is 4.90 Å². The van der Waals surface area contributed by atoms with E-state index in [1.807, 2.05) is 58.9 Å². The van der Waals surface area contributed by atoms with Gasteiger partial charge in [-0.2, -0.15) is 0 Å². The van der Waals surface area contributed by atoms with Gasteiger partial charge in [0.05, 0.1) is 12.1 Å². The van der Waals surface area contributed by atoms with Crippen LogP contribution in [-0.2, 0) is 11.3 Å². The van der Waals surface area contributed by atoms with E-state index in [9.17, 15) is 14.7 Å². The van der Waals surface area contributed by atoms with Crippen molar-refractivity contribution < 1.29 is 14.7 Å². The molecule has 134 valence electrons. The Hall–Kier alpha value is -2.31. The topological polar surface area (TPSA) is 57.6 Å². The smallest absolute Gasteiger partial charge is 0.334 e. The number of carbonyl (C=O) groups is 2. The molecule has 0 bridgehead atoms. The third kappa shape index (κ3) is 4.65. The average Bonchev–Trinajstić information content (AvgIpc) is 3.16. The summed E-state index contributed by atoms with van der Waals surface area (Å²) in [6.07, 6.45) is 5.71. The van der Waals surface area contributed by atoms with Gasteiger partial charge in [0.15, 0.2) is 5.78 Å². The van der Waals surface area contributed by atoms with Crippen LogP contribution in [0.4, 0.5) is 0 Å². The fourth-order valence-electron chi connectivity index (χ4n) is 2.71. The minimum absolute atomic E-state index is 0.0788. The number of carboxylic acids is 1. The number of hydrogen-bond acceptors (Lipinski definition) is 5. The van der Waals surface area contributed by atoms with Crippen molar-refractivity contribution in [1.29, 1.82) is 0 Å². The maximum absolute atomic E-state index is 12.3. The number of hydrogen-bond donors (Lipinski definition) is 1. The first-order valence-electron chi connectivity index (χ1n) is 8.25. The van der Waals surface area contributed by atoms with Crippen LogP contribution in [-0.4, -0.2) is 32.9 Å². The predicted octanol–water partition coefficient (Wildman–Crippen LogP) is 4.42. The Morgan fingerprint density at radius 1 is 1.15 bits per heavy atom. The van der Waals surface area contributed by atoms with E-state index >= 15 is 0 Å². The van der Waals surface area contributed by atoms with Crippen LogP contribution in [0.15, 0.2) is 71.8 Å². The third-order valence-electron chi connectivity index (χ3n) is 3.99. The zero-order valence-corrected chi connectivity index (χ0v) is 15.7. The molecule has 1 atom stereocenters. The van der Waals surface area contributed by atoms with Crippen molar-refractivity contribution in [2.24, 2.45) is 0 Å². The highest BCUT2D eigenvalue weighted by Crippen LogP contribution is 2.30. The van der Waals surface area contributed by atoms with Crippen LogP contribution in [0.1, 0.15) is 21.7 Å². The standard InChI is InChI=1S/C20H19NO3S2/c22-18(15-6-2-1-3-7-15)10-13-26-19-17(20(23)24)9-4-11-21(19)14-16-8-5-12-25-16/h1-9,11-12,19H,10,13-14H2,(H,23,24). The largest absolute Gasteiger partial charge is 0.478 e. The van der Waals surface area contributed by atoms with Gasteiger partial charge in [0.25, 0.3) is 0 Å². The highest BCUT2D eigenvalue weighted by Gasteiger charge is 2.27. The molecular weight excluding hydrogens is 366 g/mol. The molecule has 4 nitrogen and oxygen atoms in total. The maximum atomic E-state index is 12.3. The number of carbonyl (C=O) groups excluding carboxylic acids is 1. The van der Waals surface area contributed by atoms with Crippen LogP contribution in [0.5, 0.6) is 0 Å². The second kappa shape index (κ2) is 8.87. The molecule has 1 aromatic carbocycles. The molecular formula is C20H19NO3S2. The summed E-state index contributed by atoms with van der Waals surface area (Å²) in [7, 11) is 0. The summed E-state index contributed by atoms with van der Waals surface area (Å²) < 4.78 is 0. The lowest BCUT2D eigenvalue weighted by molar-refractivity contribution is -0.133. The number of rotatable bonds is 8. The molecule has 0 saturated heterocycles. The van der Waals surface area contributed by atoms with E-state index in [1.54, 1.807) is 23.5 Å². The first kappa shape index (κ1) is 18.5. The average molecular weight is 386 g/mol. The molecule has 26 heavy (non-hydrogen) atoms. The quantitative estimate of drug-likeness (QED) is 0.682. The summed E-state index contributed by atoms with van der Waals surface area (Å²) >= 11 is 3.14. The second-order valence-electron chi connectivity index (χ2n) is 5.78. The lowest BCUT2D eigenvalue weighted by atomic mass is 10.1. The maximum Gasteiger partial charge on any atom is 0.334 e. The van der Waals surface area contributed by atoms with Gasteiger partial charge < -0.3 is 10.0 Å². The van der Waals surface area contributed by atoms with E-state index in [0.717, 1.165) is 0 Å². The van der Waals surface area contributed by atoms with Gasteiger partial charge in [0.2, 0.25) is 0 Å². The molecule has 1 aliphatic rings. The number of thiophene rings is 1. The number of allylic oxidation sites excluding steroid dienone is 2. The van der Waals surface area contributed by atoms with Crippen molar-refractivity contribution in [2.75, 3.05) is 5.75 Å². The number of benzene rings is 1.